The molecule has 4 heteroatoms. The van der Waals surface area contributed by atoms with E-state index in [1.54, 1.807) is 7.11 Å². The zero-order valence-corrected chi connectivity index (χ0v) is 13.4. The first-order valence-electron chi connectivity index (χ1n) is 7.01. The van der Waals surface area contributed by atoms with E-state index in [-0.39, 0.29) is 0 Å². The Balaban J connectivity index is 2.04. The maximum absolute atomic E-state index is 5.45. The third kappa shape index (κ3) is 2.37. The van der Waals surface area contributed by atoms with Gasteiger partial charge in [0.2, 0.25) is 0 Å². The van der Waals surface area contributed by atoms with Gasteiger partial charge in [0.05, 0.1) is 7.11 Å². The predicted molar refractivity (Wildman–Crippen MR) is 87.0 cm³/mol. The Hall–Kier alpha value is -1.29. The second kappa shape index (κ2) is 5.60. The molecule has 1 aromatic heterocycles. The lowest BCUT2D eigenvalue weighted by molar-refractivity contribution is 0.419. The highest BCUT2D eigenvalue weighted by Gasteiger charge is 2.25. The summed E-state index contributed by atoms with van der Waals surface area (Å²) in [6.07, 6.45) is 3.07. The molecule has 2 unspecified atom stereocenters. The van der Waals surface area contributed by atoms with Crippen molar-refractivity contribution in [1.29, 1.82) is 0 Å². The fraction of sp³-hybridized carbons (Fsp3) is 0.438. The van der Waals surface area contributed by atoms with Crippen LogP contribution < -0.4 is 9.64 Å². The molecule has 20 heavy (non-hydrogen) atoms. The molecular formula is C16H19BrN2O. The van der Waals surface area contributed by atoms with Crippen LogP contribution in [0.5, 0.6) is 5.75 Å². The summed E-state index contributed by atoms with van der Waals surface area (Å²) >= 11 is 3.79. The molecule has 0 spiro atoms. The van der Waals surface area contributed by atoms with E-state index in [1.807, 2.05) is 24.4 Å². The highest BCUT2D eigenvalue weighted by Crippen LogP contribution is 2.33. The normalized spacial score (nSPS) is 23.1. The number of hydrogen-bond acceptors (Lipinski definition) is 3. The maximum Gasteiger partial charge on any atom is 0.136 e. The lowest BCUT2D eigenvalue weighted by Gasteiger charge is -2.35. The molecule has 2 heterocycles. The number of methoxy groups -OCH3 is 1. The minimum atomic E-state index is 0.527. The summed E-state index contributed by atoms with van der Waals surface area (Å²) in [6, 6.07) is 8.18. The van der Waals surface area contributed by atoms with Gasteiger partial charge < -0.3 is 9.64 Å². The van der Waals surface area contributed by atoms with E-state index < -0.39 is 0 Å². The van der Waals surface area contributed by atoms with Gasteiger partial charge in [0.1, 0.15) is 11.6 Å². The van der Waals surface area contributed by atoms with Gasteiger partial charge in [-0.05, 0) is 24.5 Å². The van der Waals surface area contributed by atoms with Gasteiger partial charge in [0.25, 0.3) is 0 Å². The Kier molecular flexibility index (Phi) is 3.83. The van der Waals surface area contributed by atoms with Crippen LogP contribution in [0.1, 0.15) is 13.3 Å². The van der Waals surface area contributed by atoms with E-state index in [0.717, 1.165) is 36.0 Å². The smallest absolute Gasteiger partial charge is 0.136 e. The Morgan fingerprint density at radius 2 is 2.15 bits per heavy atom. The molecule has 1 aliphatic heterocycles. The quantitative estimate of drug-likeness (QED) is 0.780. The summed E-state index contributed by atoms with van der Waals surface area (Å²) in [5.74, 6) is 2.69. The molecule has 3 nitrogen and oxygen atoms in total. The number of anilines is 1. The van der Waals surface area contributed by atoms with Crippen molar-refractivity contribution in [3.63, 3.8) is 0 Å². The molecule has 0 radical (unpaired) electrons. The molecular weight excluding hydrogens is 316 g/mol. The zero-order valence-electron chi connectivity index (χ0n) is 11.8. The number of alkyl halides is 1. The molecule has 1 saturated heterocycles. The van der Waals surface area contributed by atoms with Crippen molar-refractivity contribution in [3.8, 4) is 5.75 Å². The lowest BCUT2D eigenvalue weighted by atomic mass is 9.98. The summed E-state index contributed by atoms with van der Waals surface area (Å²) in [7, 11) is 1.71. The van der Waals surface area contributed by atoms with Crippen LogP contribution in [0, 0.1) is 5.92 Å². The van der Waals surface area contributed by atoms with E-state index in [0.29, 0.717) is 4.83 Å². The van der Waals surface area contributed by atoms with Gasteiger partial charge >= 0.3 is 0 Å². The van der Waals surface area contributed by atoms with E-state index in [2.05, 4.69) is 38.8 Å². The molecule has 0 saturated carbocycles. The molecule has 3 rings (SSSR count). The highest BCUT2D eigenvalue weighted by molar-refractivity contribution is 9.09. The number of aromatic nitrogens is 1. The van der Waals surface area contributed by atoms with Crippen molar-refractivity contribution in [2.75, 3.05) is 25.1 Å². The molecule has 1 fully saturated rings. The largest absolute Gasteiger partial charge is 0.496 e. The van der Waals surface area contributed by atoms with E-state index in [4.69, 9.17) is 4.74 Å². The maximum atomic E-state index is 5.45. The first-order valence-corrected chi connectivity index (χ1v) is 7.93. The number of benzene rings is 1. The van der Waals surface area contributed by atoms with Crippen molar-refractivity contribution < 1.29 is 4.74 Å². The molecule has 0 amide bonds. The standard InChI is InChI=1S/C16H19BrN2O/c1-11-7-9-19(10-14(11)17)16-13-4-3-5-15(20-2)12(13)6-8-18-16/h3-6,8,11,14H,7,9-10H2,1-2H3. The average Bonchev–Trinajstić information content (AvgIpc) is 2.49. The first kappa shape index (κ1) is 13.7. The van der Waals surface area contributed by atoms with E-state index in [1.165, 1.54) is 11.8 Å². The zero-order chi connectivity index (χ0) is 14.1. The fourth-order valence-electron chi connectivity index (χ4n) is 2.81. The third-order valence-corrected chi connectivity index (χ3v) is 5.32. The van der Waals surface area contributed by atoms with Gasteiger partial charge in [-0.3, -0.25) is 0 Å². The van der Waals surface area contributed by atoms with Gasteiger partial charge in [0, 0.05) is 34.9 Å². The Labute approximate surface area is 128 Å². The second-order valence-corrected chi connectivity index (χ2v) is 6.59. The van der Waals surface area contributed by atoms with Gasteiger partial charge in [-0.2, -0.15) is 0 Å². The Morgan fingerprint density at radius 3 is 2.90 bits per heavy atom. The number of fused-ring (bicyclic) bond motifs is 1. The Bertz CT molecular complexity index is 616. The van der Waals surface area contributed by atoms with Crippen molar-refractivity contribution >= 4 is 32.5 Å². The number of hydrogen-bond donors (Lipinski definition) is 0. The molecule has 106 valence electrons. The van der Waals surface area contributed by atoms with Crippen molar-refractivity contribution in [2.45, 2.75) is 18.2 Å². The summed E-state index contributed by atoms with van der Waals surface area (Å²) < 4.78 is 5.45. The molecule has 0 aliphatic carbocycles. The number of pyridine rings is 1. The van der Waals surface area contributed by atoms with Crippen molar-refractivity contribution in [3.05, 3.63) is 30.5 Å². The number of halogens is 1. The van der Waals surface area contributed by atoms with Gasteiger partial charge in [0.15, 0.2) is 0 Å². The number of rotatable bonds is 2. The molecule has 0 N–H and O–H groups in total. The average molecular weight is 335 g/mol. The summed E-state index contributed by atoms with van der Waals surface area (Å²) in [5.41, 5.74) is 0. The SMILES string of the molecule is COc1cccc2c(N3CCC(C)C(Br)C3)nccc12. The van der Waals surface area contributed by atoms with E-state index >= 15 is 0 Å². The number of ether oxygens (including phenoxy) is 1. The van der Waals surface area contributed by atoms with E-state index in [9.17, 15) is 0 Å². The van der Waals surface area contributed by atoms with Crippen LogP contribution in [-0.2, 0) is 0 Å². The van der Waals surface area contributed by atoms with Crippen molar-refractivity contribution in [1.82, 2.24) is 4.98 Å². The summed E-state index contributed by atoms with van der Waals surface area (Å²) in [4.78, 5) is 7.52. The van der Waals surface area contributed by atoms with Crippen LogP contribution in [0.15, 0.2) is 30.5 Å². The number of piperidine rings is 1. The van der Waals surface area contributed by atoms with Crippen LogP contribution in [0.4, 0.5) is 5.82 Å². The number of nitrogens with zero attached hydrogens (tertiary/aromatic N) is 2. The minimum Gasteiger partial charge on any atom is -0.496 e. The molecule has 2 atom stereocenters. The van der Waals surface area contributed by atoms with Gasteiger partial charge in [-0.1, -0.05) is 35.0 Å². The topological polar surface area (TPSA) is 25.4 Å². The van der Waals surface area contributed by atoms with Crippen LogP contribution >= 0.6 is 15.9 Å². The molecule has 2 aromatic rings. The molecule has 0 bridgehead atoms. The predicted octanol–water partition coefficient (Wildman–Crippen LogP) is 3.85. The van der Waals surface area contributed by atoms with Crippen LogP contribution in [0.25, 0.3) is 10.8 Å². The molecule has 1 aliphatic rings. The lowest BCUT2D eigenvalue weighted by Crippen LogP contribution is -2.40. The van der Waals surface area contributed by atoms with Gasteiger partial charge in [-0.25, -0.2) is 4.98 Å². The highest BCUT2D eigenvalue weighted by atomic mass is 79.9. The second-order valence-electron chi connectivity index (χ2n) is 5.42. The Morgan fingerprint density at radius 1 is 1.30 bits per heavy atom. The van der Waals surface area contributed by atoms with Crippen molar-refractivity contribution in [2.24, 2.45) is 5.92 Å². The first-order chi connectivity index (χ1) is 9.70. The third-order valence-electron chi connectivity index (χ3n) is 4.13. The van der Waals surface area contributed by atoms with Crippen LogP contribution in [0.2, 0.25) is 0 Å². The summed E-state index contributed by atoms with van der Waals surface area (Å²) in [5, 5.41) is 2.30. The van der Waals surface area contributed by atoms with Gasteiger partial charge in [-0.15, -0.1) is 0 Å². The van der Waals surface area contributed by atoms with Crippen LogP contribution in [0.3, 0.4) is 0 Å². The monoisotopic (exact) mass is 334 g/mol. The minimum absolute atomic E-state index is 0.527. The molecule has 1 aromatic carbocycles. The fourth-order valence-corrected chi connectivity index (χ4v) is 3.42. The van der Waals surface area contributed by atoms with Crippen LogP contribution in [-0.4, -0.2) is 30.0 Å². The summed E-state index contributed by atoms with van der Waals surface area (Å²) in [6.45, 7) is 4.37.